The van der Waals surface area contributed by atoms with Gasteiger partial charge in [-0.15, -0.1) is 0 Å². The van der Waals surface area contributed by atoms with E-state index in [2.05, 4.69) is 12.2 Å². The molecule has 5 nitrogen and oxygen atoms in total. The summed E-state index contributed by atoms with van der Waals surface area (Å²) in [5, 5.41) is 2.93. The number of aryl methyl sites for hydroxylation is 1. The summed E-state index contributed by atoms with van der Waals surface area (Å²) in [6.45, 7) is 5.28. The second kappa shape index (κ2) is 8.15. The molecule has 1 aliphatic heterocycles. The molecule has 1 amide bonds. The Balaban J connectivity index is 1.91. The molecule has 122 valence electrons. The van der Waals surface area contributed by atoms with E-state index in [0.29, 0.717) is 6.54 Å². The van der Waals surface area contributed by atoms with Crippen LogP contribution in [0.1, 0.15) is 38.2 Å². The highest BCUT2D eigenvalue weighted by Crippen LogP contribution is 2.24. The van der Waals surface area contributed by atoms with E-state index >= 15 is 0 Å². The largest absolute Gasteiger partial charge is 0.494 e. The zero-order chi connectivity index (χ0) is 15.9. The van der Waals surface area contributed by atoms with Gasteiger partial charge in [-0.3, -0.25) is 4.79 Å². The molecule has 0 bridgehead atoms. The van der Waals surface area contributed by atoms with Crippen molar-refractivity contribution in [3.63, 3.8) is 0 Å². The quantitative estimate of drug-likeness (QED) is 0.759. The molecular formula is C17H26N2O3. The molecule has 1 fully saturated rings. The van der Waals surface area contributed by atoms with E-state index in [1.54, 1.807) is 0 Å². The van der Waals surface area contributed by atoms with Crippen LogP contribution < -0.4 is 15.8 Å². The third-order valence-corrected chi connectivity index (χ3v) is 3.89. The molecule has 2 atom stereocenters. The summed E-state index contributed by atoms with van der Waals surface area (Å²) in [5.74, 6) is 0.739. The Morgan fingerprint density at radius 2 is 2.27 bits per heavy atom. The fourth-order valence-electron chi connectivity index (χ4n) is 2.49. The number of hydrogen-bond donors (Lipinski definition) is 2. The van der Waals surface area contributed by atoms with Gasteiger partial charge in [-0.1, -0.05) is 13.3 Å². The van der Waals surface area contributed by atoms with Crippen LogP contribution in [0.25, 0.3) is 0 Å². The number of carbonyl (C=O) groups excluding carboxylic acids is 1. The lowest BCUT2D eigenvalue weighted by Gasteiger charge is -2.15. The molecule has 1 saturated heterocycles. The number of benzene rings is 1. The minimum Gasteiger partial charge on any atom is -0.494 e. The lowest BCUT2D eigenvalue weighted by Crippen LogP contribution is -2.30. The molecule has 3 N–H and O–H groups in total. The van der Waals surface area contributed by atoms with Gasteiger partial charge in [0.1, 0.15) is 11.9 Å². The van der Waals surface area contributed by atoms with Crippen LogP contribution >= 0.6 is 0 Å². The molecule has 1 aromatic rings. The normalized spacial score (nSPS) is 20.9. The monoisotopic (exact) mass is 306 g/mol. The van der Waals surface area contributed by atoms with Crippen LogP contribution in [-0.2, 0) is 9.53 Å². The number of nitrogens with one attached hydrogen (secondary N) is 1. The number of nitrogens with two attached hydrogens (primary N) is 1. The topological polar surface area (TPSA) is 73.6 Å². The molecule has 0 aliphatic carbocycles. The van der Waals surface area contributed by atoms with Crippen molar-refractivity contribution in [1.82, 2.24) is 0 Å². The van der Waals surface area contributed by atoms with Gasteiger partial charge in [-0.05, 0) is 49.9 Å². The van der Waals surface area contributed by atoms with Gasteiger partial charge in [-0.2, -0.15) is 0 Å². The van der Waals surface area contributed by atoms with Crippen molar-refractivity contribution in [3.8, 4) is 5.75 Å². The van der Waals surface area contributed by atoms with Gasteiger partial charge >= 0.3 is 0 Å². The van der Waals surface area contributed by atoms with Crippen LogP contribution in [0.2, 0.25) is 0 Å². The van der Waals surface area contributed by atoms with Crippen molar-refractivity contribution in [3.05, 3.63) is 23.8 Å². The van der Waals surface area contributed by atoms with E-state index in [-0.39, 0.29) is 12.0 Å². The van der Waals surface area contributed by atoms with Crippen LogP contribution in [-0.4, -0.2) is 31.3 Å². The van der Waals surface area contributed by atoms with Crippen molar-refractivity contribution in [1.29, 1.82) is 0 Å². The van der Waals surface area contributed by atoms with E-state index in [0.717, 1.165) is 49.3 Å². The number of unbranched alkanes of at least 4 members (excludes halogenated alkanes) is 1. The summed E-state index contributed by atoms with van der Waals surface area (Å²) in [4.78, 5) is 12.2. The molecule has 1 heterocycles. The van der Waals surface area contributed by atoms with Gasteiger partial charge in [-0.25, -0.2) is 0 Å². The number of amides is 1. The van der Waals surface area contributed by atoms with E-state index in [9.17, 15) is 4.79 Å². The van der Waals surface area contributed by atoms with Crippen molar-refractivity contribution < 1.29 is 14.3 Å². The average molecular weight is 306 g/mol. The summed E-state index contributed by atoms with van der Waals surface area (Å²) >= 11 is 0. The molecule has 0 spiro atoms. The van der Waals surface area contributed by atoms with Crippen molar-refractivity contribution >= 4 is 11.6 Å². The fourth-order valence-corrected chi connectivity index (χ4v) is 2.49. The number of carbonyl (C=O) groups is 1. The molecule has 0 radical (unpaired) electrons. The van der Waals surface area contributed by atoms with Gasteiger partial charge in [0, 0.05) is 12.2 Å². The van der Waals surface area contributed by atoms with E-state index in [1.165, 1.54) is 0 Å². The fraction of sp³-hybridized carbons (Fsp3) is 0.588. The first kappa shape index (κ1) is 16.8. The van der Waals surface area contributed by atoms with E-state index in [4.69, 9.17) is 15.2 Å². The number of anilines is 1. The van der Waals surface area contributed by atoms with Crippen molar-refractivity contribution in [2.24, 2.45) is 5.73 Å². The first-order valence-corrected chi connectivity index (χ1v) is 8.04. The second-order valence-electron chi connectivity index (χ2n) is 5.73. The van der Waals surface area contributed by atoms with E-state index < -0.39 is 6.10 Å². The number of rotatable bonds is 7. The maximum Gasteiger partial charge on any atom is 0.253 e. The molecule has 1 aromatic carbocycles. The first-order chi connectivity index (χ1) is 10.6. The zero-order valence-electron chi connectivity index (χ0n) is 13.4. The number of ether oxygens (including phenoxy) is 2. The number of hydrogen-bond acceptors (Lipinski definition) is 4. The highest BCUT2D eigenvalue weighted by Gasteiger charge is 2.29. The smallest absolute Gasteiger partial charge is 0.253 e. The maximum atomic E-state index is 12.2. The predicted molar refractivity (Wildman–Crippen MR) is 87.2 cm³/mol. The second-order valence-corrected chi connectivity index (χ2v) is 5.73. The van der Waals surface area contributed by atoms with Gasteiger partial charge in [0.25, 0.3) is 5.91 Å². The molecule has 0 aromatic heterocycles. The summed E-state index contributed by atoms with van der Waals surface area (Å²) in [6.07, 6.45) is 3.33. The Labute approximate surface area is 132 Å². The summed E-state index contributed by atoms with van der Waals surface area (Å²) in [6, 6.07) is 5.71. The van der Waals surface area contributed by atoms with Gasteiger partial charge < -0.3 is 20.5 Å². The Morgan fingerprint density at radius 1 is 1.45 bits per heavy atom. The van der Waals surface area contributed by atoms with Gasteiger partial charge in [0.15, 0.2) is 0 Å². The van der Waals surface area contributed by atoms with Crippen molar-refractivity contribution in [2.45, 2.75) is 51.7 Å². The SMILES string of the molecule is CCCCOc1ccc(NC(=O)[C@@H]2CC[C@H](CN)O2)c(C)c1. The Kier molecular flexibility index (Phi) is 6.21. The van der Waals surface area contributed by atoms with Gasteiger partial charge in [0.2, 0.25) is 0 Å². The molecule has 0 saturated carbocycles. The predicted octanol–water partition coefficient (Wildman–Crippen LogP) is 2.62. The summed E-state index contributed by atoms with van der Waals surface area (Å²) < 4.78 is 11.3. The molecule has 2 rings (SSSR count). The lowest BCUT2D eigenvalue weighted by atomic mass is 10.1. The third kappa shape index (κ3) is 4.45. The van der Waals surface area contributed by atoms with Crippen LogP contribution in [0.15, 0.2) is 18.2 Å². The Morgan fingerprint density at radius 3 is 2.91 bits per heavy atom. The maximum absolute atomic E-state index is 12.2. The van der Waals surface area contributed by atoms with Crippen LogP contribution in [0.4, 0.5) is 5.69 Å². The highest BCUT2D eigenvalue weighted by atomic mass is 16.5. The lowest BCUT2D eigenvalue weighted by molar-refractivity contribution is -0.126. The van der Waals surface area contributed by atoms with Crippen LogP contribution in [0.3, 0.4) is 0 Å². The van der Waals surface area contributed by atoms with Gasteiger partial charge in [0.05, 0.1) is 12.7 Å². The van der Waals surface area contributed by atoms with E-state index in [1.807, 2.05) is 25.1 Å². The first-order valence-electron chi connectivity index (χ1n) is 8.04. The van der Waals surface area contributed by atoms with Crippen LogP contribution in [0.5, 0.6) is 5.75 Å². The molecule has 5 heteroatoms. The zero-order valence-corrected chi connectivity index (χ0v) is 13.4. The Hall–Kier alpha value is -1.59. The third-order valence-electron chi connectivity index (χ3n) is 3.89. The molecular weight excluding hydrogens is 280 g/mol. The average Bonchev–Trinajstić information content (AvgIpc) is 2.99. The summed E-state index contributed by atoms with van der Waals surface area (Å²) in [7, 11) is 0. The van der Waals surface area contributed by atoms with Crippen LogP contribution in [0, 0.1) is 6.92 Å². The Bertz CT molecular complexity index is 505. The minimum absolute atomic E-state index is 0.00573. The highest BCUT2D eigenvalue weighted by molar-refractivity contribution is 5.95. The molecule has 22 heavy (non-hydrogen) atoms. The minimum atomic E-state index is -0.395. The standard InChI is InChI=1S/C17H26N2O3/c1-3-4-9-21-13-5-7-15(12(2)10-13)19-17(20)16-8-6-14(11-18)22-16/h5,7,10,14,16H,3-4,6,8-9,11,18H2,1-2H3,(H,19,20)/t14-,16+/m1/s1. The molecule has 1 aliphatic rings. The summed E-state index contributed by atoms with van der Waals surface area (Å²) in [5.41, 5.74) is 7.35. The molecule has 0 unspecified atom stereocenters. The van der Waals surface area contributed by atoms with Crippen molar-refractivity contribution in [2.75, 3.05) is 18.5 Å².